The molecule has 1 heterocycles. The van der Waals surface area contributed by atoms with E-state index in [4.69, 9.17) is 16.3 Å². The van der Waals surface area contributed by atoms with Crippen molar-refractivity contribution < 1.29 is 4.74 Å². The zero-order valence-electron chi connectivity index (χ0n) is 6.77. The minimum atomic E-state index is 0.609. The number of aromatic amines is 1. The van der Waals surface area contributed by atoms with Crippen LogP contribution in [0.2, 0.25) is 5.02 Å². The minimum absolute atomic E-state index is 0.609. The summed E-state index contributed by atoms with van der Waals surface area (Å²) >= 11 is 9.18. The van der Waals surface area contributed by atoms with E-state index in [1.807, 2.05) is 0 Å². The number of methoxy groups -OCH3 is 1. The Labute approximate surface area is 88.2 Å². The SMILES string of the molecule is COc1ccc(Cl)c2nc(Br)[nH]c12. The Hall–Kier alpha value is -0.740. The predicted molar refractivity (Wildman–Crippen MR) is 55.4 cm³/mol. The third kappa shape index (κ3) is 1.40. The molecule has 0 atom stereocenters. The van der Waals surface area contributed by atoms with Gasteiger partial charge in [0.15, 0.2) is 4.73 Å². The fourth-order valence-electron chi connectivity index (χ4n) is 1.18. The third-order valence-corrected chi connectivity index (χ3v) is 2.43. The summed E-state index contributed by atoms with van der Waals surface area (Å²) in [6.45, 7) is 0. The molecule has 1 aromatic carbocycles. The number of imidazole rings is 1. The summed E-state index contributed by atoms with van der Waals surface area (Å²) in [4.78, 5) is 7.19. The van der Waals surface area contributed by atoms with Crippen molar-refractivity contribution in [2.45, 2.75) is 0 Å². The zero-order chi connectivity index (χ0) is 9.42. The van der Waals surface area contributed by atoms with Crippen LogP contribution < -0.4 is 4.74 Å². The van der Waals surface area contributed by atoms with Gasteiger partial charge in [0.25, 0.3) is 0 Å². The fraction of sp³-hybridized carbons (Fsp3) is 0.125. The second-order valence-electron chi connectivity index (χ2n) is 2.50. The monoisotopic (exact) mass is 260 g/mol. The van der Waals surface area contributed by atoms with Gasteiger partial charge in [0, 0.05) is 0 Å². The van der Waals surface area contributed by atoms with Crippen LogP contribution in [0.3, 0.4) is 0 Å². The highest BCUT2D eigenvalue weighted by atomic mass is 79.9. The number of hydrogen-bond donors (Lipinski definition) is 1. The maximum atomic E-state index is 5.94. The number of benzene rings is 1. The Bertz CT molecular complexity index is 455. The Kier molecular flexibility index (Phi) is 2.17. The average molecular weight is 262 g/mol. The highest BCUT2D eigenvalue weighted by molar-refractivity contribution is 9.10. The van der Waals surface area contributed by atoms with Gasteiger partial charge in [-0.25, -0.2) is 4.98 Å². The molecule has 0 unspecified atom stereocenters. The molecule has 3 nitrogen and oxygen atoms in total. The Morgan fingerprint density at radius 1 is 1.54 bits per heavy atom. The second-order valence-corrected chi connectivity index (χ2v) is 3.66. The number of hydrogen-bond acceptors (Lipinski definition) is 2. The topological polar surface area (TPSA) is 37.9 Å². The first-order valence-corrected chi connectivity index (χ1v) is 4.77. The van der Waals surface area contributed by atoms with Gasteiger partial charge in [0.05, 0.1) is 12.1 Å². The van der Waals surface area contributed by atoms with Gasteiger partial charge >= 0.3 is 0 Å². The fourth-order valence-corrected chi connectivity index (χ4v) is 1.75. The summed E-state index contributed by atoms with van der Waals surface area (Å²) < 4.78 is 5.79. The van der Waals surface area contributed by atoms with Crippen molar-refractivity contribution >= 4 is 38.6 Å². The largest absolute Gasteiger partial charge is 0.494 e. The molecule has 1 aromatic heterocycles. The molecule has 2 aromatic rings. The first-order valence-electron chi connectivity index (χ1n) is 3.60. The molecule has 2 rings (SSSR count). The molecule has 0 amide bonds. The van der Waals surface area contributed by atoms with Crippen molar-refractivity contribution in [1.29, 1.82) is 0 Å². The Morgan fingerprint density at radius 2 is 2.31 bits per heavy atom. The van der Waals surface area contributed by atoms with E-state index in [1.54, 1.807) is 19.2 Å². The van der Waals surface area contributed by atoms with Gasteiger partial charge in [0.2, 0.25) is 0 Å². The van der Waals surface area contributed by atoms with Gasteiger partial charge < -0.3 is 9.72 Å². The van der Waals surface area contributed by atoms with E-state index in [2.05, 4.69) is 25.9 Å². The molecular weight excluding hydrogens is 255 g/mol. The summed E-state index contributed by atoms with van der Waals surface area (Å²) in [6.07, 6.45) is 0. The number of aromatic nitrogens is 2. The first kappa shape index (κ1) is 8.84. The van der Waals surface area contributed by atoms with Gasteiger partial charge in [-0.15, -0.1) is 0 Å². The second kappa shape index (κ2) is 3.20. The normalized spacial score (nSPS) is 10.7. The summed E-state index contributed by atoms with van der Waals surface area (Å²) in [6, 6.07) is 3.56. The highest BCUT2D eigenvalue weighted by Gasteiger charge is 2.09. The molecule has 0 saturated heterocycles. The van der Waals surface area contributed by atoms with Crippen molar-refractivity contribution in [2.75, 3.05) is 7.11 Å². The van der Waals surface area contributed by atoms with Crippen LogP contribution in [0.25, 0.3) is 11.0 Å². The molecule has 0 aliphatic carbocycles. The van der Waals surface area contributed by atoms with Crippen LogP contribution in [0.4, 0.5) is 0 Å². The lowest BCUT2D eigenvalue weighted by atomic mass is 10.3. The lowest BCUT2D eigenvalue weighted by Crippen LogP contribution is -1.84. The van der Waals surface area contributed by atoms with E-state index in [0.717, 1.165) is 11.3 Å². The molecule has 0 fully saturated rings. The van der Waals surface area contributed by atoms with E-state index in [-0.39, 0.29) is 0 Å². The predicted octanol–water partition coefficient (Wildman–Crippen LogP) is 2.99. The maximum Gasteiger partial charge on any atom is 0.175 e. The van der Waals surface area contributed by atoms with Crippen LogP contribution in [0, 0.1) is 0 Å². The molecule has 1 N–H and O–H groups in total. The number of nitrogens with zero attached hydrogens (tertiary/aromatic N) is 1. The number of halogens is 2. The summed E-state index contributed by atoms with van der Waals surface area (Å²) in [5.41, 5.74) is 1.52. The highest BCUT2D eigenvalue weighted by Crippen LogP contribution is 2.30. The molecule has 0 aliphatic heterocycles. The van der Waals surface area contributed by atoms with E-state index >= 15 is 0 Å². The first-order chi connectivity index (χ1) is 6.22. The van der Waals surface area contributed by atoms with E-state index in [9.17, 15) is 0 Å². The van der Waals surface area contributed by atoms with Crippen molar-refractivity contribution in [1.82, 2.24) is 9.97 Å². The van der Waals surface area contributed by atoms with Crippen LogP contribution in [0.15, 0.2) is 16.9 Å². The lowest BCUT2D eigenvalue weighted by molar-refractivity contribution is 0.419. The summed E-state index contributed by atoms with van der Waals surface area (Å²) in [5, 5.41) is 0.609. The van der Waals surface area contributed by atoms with Crippen LogP contribution >= 0.6 is 27.5 Å². The Morgan fingerprint density at radius 3 is 3.00 bits per heavy atom. The molecule has 5 heteroatoms. The van der Waals surface area contributed by atoms with Crippen molar-refractivity contribution in [3.8, 4) is 5.75 Å². The van der Waals surface area contributed by atoms with Crippen molar-refractivity contribution in [2.24, 2.45) is 0 Å². The number of H-pyrrole nitrogens is 1. The van der Waals surface area contributed by atoms with Crippen molar-refractivity contribution in [3.05, 3.63) is 21.9 Å². The van der Waals surface area contributed by atoms with Crippen LogP contribution in [0.5, 0.6) is 5.75 Å². The van der Waals surface area contributed by atoms with Crippen LogP contribution in [-0.2, 0) is 0 Å². The molecule has 0 aliphatic rings. The minimum Gasteiger partial charge on any atom is -0.494 e. The van der Waals surface area contributed by atoms with Gasteiger partial charge in [0.1, 0.15) is 16.8 Å². The number of nitrogens with one attached hydrogen (secondary N) is 1. The molecule has 13 heavy (non-hydrogen) atoms. The molecular formula is C8H6BrClN2O. The van der Waals surface area contributed by atoms with Crippen LogP contribution in [0.1, 0.15) is 0 Å². The zero-order valence-corrected chi connectivity index (χ0v) is 9.11. The van der Waals surface area contributed by atoms with Crippen LogP contribution in [-0.4, -0.2) is 17.1 Å². The summed E-state index contributed by atoms with van der Waals surface area (Å²) in [7, 11) is 1.61. The number of rotatable bonds is 1. The van der Waals surface area contributed by atoms with E-state index in [1.165, 1.54) is 0 Å². The third-order valence-electron chi connectivity index (χ3n) is 1.75. The number of ether oxygens (including phenoxy) is 1. The molecule has 0 saturated carbocycles. The molecule has 0 radical (unpaired) electrons. The van der Waals surface area contributed by atoms with E-state index < -0.39 is 0 Å². The lowest BCUT2D eigenvalue weighted by Gasteiger charge is -2.00. The average Bonchev–Trinajstić information content (AvgIpc) is 2.48. The summed E-state index contributed by atoms with van der Waals surface area (Å²) in [5.74, 6) is 0.734. The van der Waals surface area contributed by atoms with E-state index in [0.29, 0.717) is 15.3 Å². The maximum absolute atomic E-state index is 5.94. The Balaban J connectivity index is 2.83. The number of fused-ring (bicyclic) bond motifs is 1. The van der Waals surface area contributed by atoms with Gasteiger partial charge in [-0.2, -0.15) is 0 Å². The van der Waals surface area contributed by atoms with Gasteiger partial charge in [-0.05, 0) is 28.1 Å². The van der Waals surface area contributed by atoms with Crippen molar-refractivity contribution in [3.63, 3.8) is 0 Å². The molecule has 0 bridgehead atoms. The van der Waals surface area contributed by atoms with Gasteiger partial charge in [-0.3, -0.25) is 0 Å². The smallest absolute Gasteiger partial charge is 0.175 e. The molecule has 68 valence electrons. The standard InChI is InChI=1S/C8H6BrClN2O/c1-13-5-3-2-4(10)6-7(5)12-8(9)11-6/h2-3H,1H3,(H,11,12). The van der Waals surface area contributed by atoms with Gasteiger partial charge in [-0.1, -0.05) is 11.6 Å². The quantitative estimate of drug-likeness (QED) is 0.857. The molecule has 0 spiro atoms.